The Labute approximate surface area is 92.0 Å². The minimum atomic E-state index is -0.455. The lowest BCUT2D eigenvalue weighted by atomic mass is 9.82. The van der Waals surface area contributed by atoms with Gasteiger partial charge in [-0.25, -0.2) is 0 Å². The van der Waals surface area contributed by atoms with Gasteiger partial charge in [-0.2, -0.15) is 0 Å². The van der Waals surface area contributed by atoms with Crippen LogP contribution in [0.25, 0.3) is 0 Å². The Hall–Kier alpha value is -0.600. The Morgan fingerprint density at radius 3 is 2.33 bits per heavy atom. The first-order valence-corrected chi connectivity index (χ1v) is 5.54. The van der Waals surface area contributed by atoms with Crippen LogP contribution in [-0.4, -0.2) is 18.0 Å². The highest BCUT2D eigenvalue weighted by molar-refractivity contribution is 5.32. The van der Waals surface area contributed by atoms with E-state index in [0.29, 0.717) is 0 Å². The van der Waals surface area contributed by atoms with Crippen LogP contribution >= 0.6 is 0 Å². The van der Waals surface area contributed by atoms with Gasteiger partial charge in [0.15, 0.2) is 5.79 Å². The highest BCUT2D eigenvalue weighted by atomic mass is 16.7. The van der Waals surface area contributed by atoms with Crippen LogP contribution in [0.4, 0.5) is 0 Å². The van der Waals surface area contributed by atoms with Crippen molar-refractivity contribution in [2.45, 2.75) is 52.6 Å². The summed E-state index contributed by atoms with van der Waals surface area (Å²) in [5.74, 6) is -0.455. The fourth-order valence-electron chi connectivity index (χ4n) is 2.03. The van der Waals surface area contributed by atoms with E-state index in [2.05, 4.69) is 39.0 Å². The molecule has 1 fully saturated rings. The molecule has 0 bridgehead atoms. The predicted octanol–water partition coefficient (Wildman–Crippen LogP) is 3.05. The molecular weight excluding hydrogens is 188 g/mol. The summed E-state index contributed by atoms with van der Waals surface area (Å²) >= 11 is 0. The topological polar surface area (TPSA) is 18.5 Å². The third-order valence-electron chi connectivity index (χ3n) is 2.84. The van der Waals surface area contributed by atoms with E-state index in [4.69, 9.17) is 9.47 Å². The fourth-order valence-corrected chi connectivity index (χ4v) is 2.03. The van der Waals surface area contributed by atoms with E-state index < -0.39 is 5.79 Å². The molecule has 1 aliphatic carbocycles. The summed E-state index contributed by atoms with van der Waals surface area (Å²) in [6.07, 6.45) is 6.64. The van der Waals surface area contributed by atoms with Gasteiger partial charge in [-0.05, 0) is 30.9 Å². The molecule has 2 atom stereocenters. The maximum absolute atomic E-state index is 5.83. The second kappa shape index (κ2) is 3.19. The molecule has 2 rings (SSSR count). The molecule has 0 aromatic carbocycles. The van der Waals surface area contributed by atoms with Crippen LogP contribution in [0.2, 0.25) is 0 Å². The number of ether oxygens (including phenoxy) is 2. The molecule has 0 radical (unpaired) electrons. The van der Waals surface area contributed by atoms with Crippen molar-refractivity contribution in [3.63, 3.8) is 0 Å². The molecule has 0 aromatic rings. The van der Waals surface area contributed by atoms with Crippen molar-refractivity contribution in [3.05, 3.63) is 23.8 Å². The molecule has 0 amide bonds. The SMILES string of the molecule is CC1(C)O[C@H]2C=CC(C(C)(C)C)=C[C@H]2O1. The molecule has 0 N–H and O–H groups in total. The lowest BCUT2D eigenvalue weighted by Gasteiger charge is -2.25. The molecule has 15 heavy (non-hydrogen) atoms. The van der Waals surface area contributed by atoms with Crippen LogP contribution in [0, 0.1) is 5.41 Å². The zero-order valence-corrected chi connectivity index (χ0v) is 10.2. The average Bonchev–Trinajstić information content (AvgIpc) is 2.34. The van der Waals surface area contributed by atoms with Crippen LogP contribution in [0.1, 0.15) is 34.6 Å². The highest BCUT2D eigenvalue weighted by Crippen LogP contribution is 2.36. The third-order valence-corrected chi connectivity index (χ3v) is 2.84. The lowest BCUT2D eigenvalue weighted by Crippen LogP contribution is -2.24. The van der Waals surface area contributed by atoms with Gasteiger partial charge in [0.05, 0.1) is 0 Å². The van der Waals surface area contributed by atoms with E-state index in [1.807, 2.05) is 13.8 Å². The van der Waals surface area contributed by atoms with Gasteiger partial charge < -0.3 is 9.47 Å². The summed E-state index contributed by atoms with van der Waals surface area (Å²) in [4.78, 5) is 0. The van der Waals surface area contributed by atoms with Crippen LogP contribution in [0.5, 0.6) is 0 Å². The molecule has 1 saturated heterocycles. The Bertz CT molecular complexity index is 318. The fraction of sp³-hybridized carbons (Fsp3) is 0.692. The molecular formula is C13H20O2. The van der Waals surface area contributed by atoms with Crippen LogP contribution in [0.3, 0.4) is 0 Å². The largest absolute Gasteiger partial charge is 0.340 e. The summed E-state index contributed by atoms with van der Waals surface area (Å²) in [7, 11) is 0. The van der Waals surface area contributed by atoms with Crippen molar-refractivity contribution in [1.82, 2.24) is 0 Å². The minimum Gasteiger partial charge on any atom is -0.340 e. The predicted molar refractivity (Wildman–Crippen MR) is 60.5 cm³/mol. The maximum atomic E-state index is 5.83. The summed E-state index contributed by atoms with van der Waals surface area (Å²) < 4.78 is 11.6. The molecule has 1 heterocycles. The highest BCUT2D eigenvalue weighted by Gasteiger charge is 2.40. The van der Waals surface area contributed by atoms with Crippen molar-refractivity contribution in [1.29, 1.82) is 0 Å². The van der Waals surface area contributed by atoms with E-state index in [1.54, 1.807) is 0 Å². The Morgan fingerprint density at radius 1 is 1.13 bits per heavy atom. The number of fused-ring (bicyclic) bond motifs is 1. The molecule has 84 valence electrons. The third kappa shape index (κ3) is 2.16. The van der Waals surface area contributed by atoms with Gasteiger partial charge in [-0.1, -0.05) is 32.9 Å². The number of hydrogen-bond acceptors (Lipinski definition) is 2. The maximum Gasteiger partial charge on any atom is 0.164 e. The van der Waals surface area contributed by atoms with Gasteiger partial charge in [-0.15, -0.1) is 0 Å². The van der Waals surface area contributed by atoms with Gasteiger partial charge in [0.1, 0.15) is 12.2 Å². The summed E-state index contributed by atoms with van der Waals surface area (Å²) in [5.41, 5.74) is 1.50. The summed E-state index contributed by atoms with van der Waals surface area (Å²) in [6, 6.07) is 0. The van der Waals surface area contributed by atoms with Crippen molar-refractivity contribution >= 4 is 0 Å². The molecule has 1 aliphatic heterocycles. The van der Waals surface area contributed by atoms with E-state index in [1.165, 1.54) is 5.57 Å². The summed E-state index contributed by atoms with van der Waals surface area (Å²) in [6.45, 7) is 10.6. The Balaban J connectivity index is 2.21. The first kappa shape index (κ1) is 10.9. The Kier molecular flexibility index (Phi) is 2.32. The van der Waals surface area contributed by atoms with Gasteiger partial charge in [0.25, 0.3) is 0 Å². The van der Waals surface area contributed by atoms with E-state index >= 15 is 0 Å². The lowest BCUT2D eigenvalue weighted by molar-refractivity contribution is -0.138. The molecule has 0 saturated carbocycles. The monoisotopic (exact) mass is 208 g/mol. The second-order valence-electron chi connectivity index (χ2n) is 5.80. The van der Waals surface area contributed by atoms with Crippen molar-refractivity contribution in [2.24, 2.45) is 5.41 Å². The van der Waals surface area contributed by atoms with Crippen LogP contribution in [0.15, 0.2) is 23.8 Å². The second-order valence-corrected chi connectivity index (χ2v) is 5.80. The first-order valence-electron chi connectivity index (χ1n) is 5.54. The molecule has 0 spiro atoms. The number of rotatable bonds is 0. The molecule has 2 heteroatoms. The van der Waals surface area contributed by atoms with Gasteiger partial charge >= 0.3 is 0 Å². The van der Waals surface area contributed by atoms with Gasteiger partial charge in [0.2, 0.25) is 0 Å². The van der Waals surface area contributed by atoms with Gasteiger partial charge in [0, 0.05) is 0 Å². The molecule has 0 unspecified atom stereocenters. The molecule has 2 aliphatic rings. The standard InChI is InChI=1S/C13H20O2/c1-12(2,3)9-6-7-10-11(8-9)15-13(4,5)14-10/h6-8,10-11H,1-5H3/t10-,11+/m0/s1. The van der Waals surface area contributed by atoms with E-state index in [0.717, 1.165) is 0 Å². The normalized spacial score (nSPS) is 33.8. The minimum absolute atomic E-state index is 0.0826. The molecule has 0 aromatic heterocycles. The Morgan fingerprint density at radius 2 is 1.73 bits per heavy atom. The van der Waals surface area contributed by atoms with E-state index in [9.17, 15) is 0 Å². The molecule has 2 nitrogen and oxygen atoms in total. The average molecular weight is 208 g/mol. The van der Waals surface area contributed by atoms with Crippen molar-refractivity contribution in [3.8, 4) is 0 Å². The van der Waals surface area contributed by atoms with Crippen LogP contribution < -0.4 is 0 Å². The summed E-state index contributed by atoms with van der Waals surface area (Å²) in [5, 5.41) is 0. The number of hydrogen-bond donors (Lipinski definition) is 0. The zero-order chi connectivity index (χ0) is 11.3. The van der Waals surface area contributed by atoms with E-state index in [-0.39, 0.29) is 17.6 Å². The van der Waals surface area contributed by atoms with Crippen molar-refractivity contribution in [2.75, 3.05) is 0 Å². The number of allylic oxidation sites excluding steroid dienone is 2. The van der Waals surface area contributed by atoms with Gasteiger partial charge in [-0.3, -0.25) is 0 Å². The van der Waals surface area contributed by atoms with Crippen LogP contribution in [-0.2, 0) is 9.47 Å². The zero-order valence-electron chi connectivity index (χ0n) is 10.2. The smallest absolute Gasteiger partial charge is 0.164 e. The van der Waals surface area contributed by atoms with Crippen molar-refractivity contribution < 1.29 is 9.47 Å². The quantitative estimate of drug-likeness (QED) is 0.609. The first-order chi connectivity index (χ1) is 6.78.